The van der Waals surface area contributed by atoms with Crippen molar-refractivity contribution in [3.8, 4) is 28.3 Å². The topological polar surface area (TPSA) is 66.4 Å². The van der Waals surface area contributed by atoms with Gasteiger partial charge < -0.3 is 15.0 Å². The van der Waals surface area contributed by atoms with Crippen LogP contribution in [-0.2, 0) is 0 Å². The quantitative estimate of drug-likeness (QED) is 0.433. The van der Waals surface area contributed by atoms with Gasteiger partial charge in [-0.1, -0.05) is 12.1 Å². The van der Waals surface area contributed by atoms with Crippen LogP contribution in [-0.4, -0.2) is 78.2 Å². The van der Waals surface area contributed by atoms with Gasteiger partial charge in [-0.05, 0) is 54.6 Å². The van der Waals surface area contributed by atoms with E-state index in [1.54, 1.807) is 24.5 Å². The van der Waals surface area contributed by atoms with Gasteiger partial charge in [-0.25, -0.2) is 14.4 Å². The maximum absolute atomic E-state index is 13.6. The van der Waals surface area contributed by atoms with Crippen LogP contribution in [0.4, 0.5) is 10.2 Å². The van der Waals surface area contributed by atoms with Crippen LogP contribution >= 0.6 is 0 Å². The lowest BCUT2D eigenvalue weighted by atomic mass is 10.0. The highest BCUT2D eigenvalue weighted by molar-refractivity contribution is 5.97. The van der Waals surface area contributed by atoms with Crippen LogP contribution in [0.1, 0.15) is 0 Å². The Morgan fingerprint density at radius 2 is 1.77 bits per heavy atom. The Balaban J connectivity index is 1.54. The van der Waals surface area contributed by atoms with E-state index in [0.717, 1.165) is 60.3 Å². The van der Waals surface area contributed by atoms with Gasteiger partial charge in [0.2, 0.25) is 0 Å². The van der Waals surface area contributed by atoms with Gasteiger partial charge >= 0.3 is 0 Å². The van der Waals surface area contributed by atoms with Gasteiger partial charge in [0.05, 0.1) is 0 Å². The summed E-state index contributed by atoms with van der Waals surface area (Å²) >= 11 is 0. The summed E-state index contributed by atoms with van der Waals surface area (Å²) in [4.78, 5) is 18.6. The highest BCUT2D eigenvalue weighted by atomic mass is 19.1. The molecule has 35 heavy (non-hydrogen) atoms. The van der Waals surface area contributed by atoms with Gasteiger partial charge in [-0.3, -0.25) is 9.88 Å². The number of nitrogens with zero attached hydrogens (tertiary/aromatic N) is 5. The molecule has 2 aromatic heterocycles. The number of rotatable bonds is 7. The molecule has 7 nitrogen and oxygen atoms in total. The number of ether oxygens (including phenoxy) is 1. The van der Waals surface area contributed by atoms with Crippen LogP contribution < -0.4 is 10.1 Å². The van der Waals surface area contributed by atoms with E-state index >= 15 is 0 Å². The Morgan fingerprint density at radius 1 is 0.971 bits per heavy atom. The summed E-state index contributed by atoms with van der Waals surface area (Å²) < 4.78 is 19.9. The van der Waals surface area contributed by atoms with Crippen molar-refractivity contribution in [1.82, 2.24) is 24.8 Å². The second-order valence-corrected chi connectivity index (χ2v) is 8.76. The first-order valence-corrected chi connectivity index (χ1v) is 11.8. The predicted octanol–water partition coefficient (Wildman–Crippen LogP) is 4.17. The van der Waals surface area contributed by atoms with E-state index in [4.69, 9.17) is 14.7 Å². The highest BCUT2D eigenvalue weighted by Gasteiger charge is 2.17. The lowest BCUT2D eigenvalue weighted by Crippen LogP contribution is -2.45. The van der Waals surface area contributed by atoms with Crippen LogP contribution in [0.15, 0.2) is 60.9 Å². The minimum atomic E-state index is -0.265. The van der Waals surface area contributed by atoms with Gasteiger partial charge in [-0.15, -0.1) is 0 Å². The molecule has 1 fully saturated rings. The largest absolute Gasteiger partial charge is 0.490 e. The van der Waals surface area contributed by atoms with Crippen LogP contribution in [0.25, 0.3) is 33.4 Å². The molecule has 180 valence electrons. The molecule has 0 bridgehead atoms. The first-order chi connectivity index (χ1) is 17.1. The van der Waals surface area contributed by atoms with Gasteiger partial charge in [0, 0.05) is 63.1 Å². The lowest BCUT2D eigenvalue weighted by molar-refractivity contribution is 0.134. The van der Waals surface area contributed by atoms with E-state index in [0.29, 0.717) is 24.0 Å². The number of pyridine rings is 1. The zero-order chi connectivity index (χ0) is 24.2. The molecular weight excluding hydrogens is 443 g/mol. The average molecular weight is 473 g/mol. The zero-order valence-corrected chi connectivity index (χ0v) is 20.0. The summed E-state index contributed by atoms with van der Waals surface area (Å²) in [5, 5.41) is 4.05. The third-order valence-electron chi connectivity index (χ3n) is 6.36. The maximum atomic E-state index is 13.6. The van der Waals surface area contributed by atoms with Gasteiger partial charge in [-0.2, -0.15) is 0 Å². The van der Waals surface area contributed by atoms with Gasteiger partial charge in [0.1, 0.15) is 29.5 Å². The van der Waals surface area contributed by atoms with E-state index in [2.05, 4.69) is 27.1 Å². The molecule has 1 aliphatic heterocycles. The molecule has 0 radical (unpaired) electrons. The fourth-order valence-electron chi connectivity index (χ4n) is 4.29. The number of nitrogens with one attached hydrogen (secondary N) is 1. The molecule has 0 saturated carbocycles. The van der Waals surface area contributed by atoms with Crippen molar-refractivity contribution < 1.29 is 9.13 Å². The molecule has 0 aliphatic carbocycles. The Bertz CT molecular complexity index is 1290. The summed E-state index contributed by atoms with van der Waals surface area (Å²) in [6.07, 6.45) is 3.48. The third-order valence-corrected chi connectivity index (χ3v) is 6.36. The molecule has 4 aromatic rings. The first-order valence-electron chi connectivity index (χ1n) is 11.8. The van der Waals surface area contributed by atoms with E-state index in [9.17, 15) is 4.39 Å². The second-order valence-electron chi connectivity index (χ2n) is 8.76. The fourth-order valence-corrected chi connectivity index (χ4v) is 4.29. The maximum Gasteiger partial charge on any atom is 0.163 e. The highest BCUT2D eigenvalue weighted by Crippen LogP contribution is 2.36. The minimum Gasteiger partial charge on any atom is -0.490 e. The van der Waals surface area contributed by atoms with Crippen molar-refractivity contribution >= 4 is 16.7 Å². The van der Waals surface area contributed by atoms with E-state index in [-0.39, 0.29) is 5.82 Å². The van der Waals surface area contributed by atoms with Gasteiger partial charge in [0.25, 0.3) is 0 Å². The van der Waals surface area contributed by atoms with Crippen molar-refractivity contribution in [2.24, 2.45) is 0 Å². The Labute approximate surface area is 204 Å². The van der Waals surface area contributed by atoms with Crippen molar-refractivity contribution in [2.45, 2.75) is 0 Å². The second kappa shape index (κ2) is 10.3. The number of anilines is 1. The number of benzene rings is 2. The van der Waals surface area contributed by atoms with Crippen molar-refractivity contribution in [1.29, 1.82) is 0 Å². The molecule has 0 unspecified atom stereocenters. The molecule has 1 aliphatic rings. The SMILES string of the molecule is CNc1nc(-c2cccnc2)nc2c(OCCN3CCN(C)CC3)cc(-c3ccc(F)cc3)cc12. The zero-order valence-electron chi connectivity index (χ0n) is 20.0. The summed E-state index contributed by atoms with van der Waals surface area (Å²) in [7, 11) is 3.99. The van der Waals surface area contributed by atoms with E-state index in [1.807, 2.05) is 31.3 Å². The van der Waals surface area contributed by atoms with E-state index < -0.39 is 0 Å². The number of halogens is 1. The summed E-state index contributed by atoms with van der Waals surface area (Å²) in [6, 6.07) is 14.3. The molecule has 0 amide bonds. The summed E-state index contributed by atoms with van der Waals surface area (Å²) in [5.41, 5.74) is 3.38. The Kier molecular flexibility index (Phi) is 6.83. The Hall–Kier alpha value is -3.62. The number of likely N-dealkylation sites (N-methyl/N-ethyl adjacent to an activating group) is 1. The number of hydrogen-bond acceptors (Lipinski definition) is 7. The monoisotopic (exact) mass is 472 g/mol. The number of hydrogen-bond donors (Lipinski definition) is 1. The molecule has 2 aromatic carbocycles. The smallest absolute Gasteiger partial charge is 0.163 e. The van der Waals surface area contributed by atoms with E-state index in [1.165, 1.54) is 12.1 Å². The van der Waals surface area contributed by atoms with Crippen LogP contribution in [0.3, 0.4) is 0 Å². The van der Waals surface area contributed by atoms with Crippen molar-refractivity contribution in [3.05, 3.63) is 66.7 Å². The number of aromatic nitrogens is 3. The third kappa shape index (κ3) is 5.23. The minimum absolute atomic E-state index is 0.265. The summed E-state index contributed by atoms with van der Waals surface area (Å²) in [5.74, 6) is 1.69. The van der Waals surface area contributed by atoms with Crippen LogP contribution in [0.5, 0.6) is 5.75 Å². The van der Waals surface area contributed by atoms with Gasteiger partial charge in [0.15, 0.2) is 5.82 Å². The fraction of sp³-hybridized carbons (Fsp3) is 0.296. The average Bonchev–Trinajstić information content (AvgIpc) is 2.90. The molecule has 3 heterocycles. The first kappa shape index (κ1) is 23.1. The van der Waals surface area contributed by atoms with Crippen molar-refractivity contribution in [2.75, 3.05) is 58.7 Å². The molecule has 0 spiro atoms. The number of piperazine rings is 1. The standard InChI is InChI=1S/C27H29FN6O/c1-29-27-23-16-21(19-5-7-22(28)8-6-19)17-24(35-15-14-34-12-10-33(2)11-13-34)25(23)31-26(32-27)20-4-3-9-30-18-20/h3-9,16-18H,10-15H2,1-2H3,(H,29,31,32). The molecule has 8 heteroatoms. The van der Waals surface area contributed by atoms with Crippen molar-refractivity contribution in [3.63, 3.8) is 0 Å². The normalized spacial score (nSPS) is 14.8. The molecular formula is C27H29FN6O. The molecule has 1 saturated heterocycles. The number of fused-ring (bicyclic) bond motifs is 1. The van der Waals surface area contributed by atoms with Crippen LogP contribution in [0.2, 0.25) is 0 Å². The predicted molar refractivity (Wildman–Crippen MR) is 137 cm³/mol. The Morgan fingerprint density at radius 3 is 2.49 bits per heavy atom. The van der Waals surface area contributed by atoms with Crippen LogP contribution in [0, 0.1) is 5.82 Å². The molecule has 0 atom stereocenters. The molecule has 1 N–H and O–H groups in total. The lowest BCUT2D eigenvalue weighted by Gasteiger charge is -2.32. The molecule has 5 rings (SSSR count). The summed E-state index contributed by atoms with van der Waals surface area (Å²) in [6.45, 7) is 5.59.